The van der Waals surface area contributed by atoms with Crippen molar-refractivity contribution in [3.8, 4) is 0 Å². The van der Waals surface area contributed by atoms with E-state index in [9.17, 15) is 0 Å². The summed E-state index contributed by atoms with van der Waals surface area (Å²) in [6, 6.07) is 1.43. The van der Waals surface area contributed by atoms with Crippen molar-refractivity contribution in [3.63, 3.8) is 0 Å². The summed E-state index contributed by atoms with van der Waals surface area (Å²) in [6.45, 7) is 8.84. The highest BCUT2D eigenvalue weighted by Gasteiger charge is 1.92. The van der Waals surface area contributed by atoms with Gasteiger partial charge in [-0.3, -0.25) is 0 Å². The van der Waals surface area contributed by atoms with E-state index in [4.69, 9.17) is 0 Å². The molecule has 0 aromatic rings. The average Bonchev–Trinajstić information content (AvgIpc) is 2.35. The van der Waals surface area contributed by atoms with Gasteiger partial charge in [-0.05, 0) is 39.3 Å². The molecule has 0 rings (SSSR count). The zero-order valence-electron chi connectivity index (χ0n) is 11.9. The number of hydrogen-bond acceptors (Lipinski definition) is 1. The van der Waals surface area contributed by atoms with Crippen molar-refractivity contribution in [1.82, 2.24) is 4.90 Å². The minimum atomic E-state index is 1.11. The van der Waals surface area contributed by atoms with Crippen LogP contribution < -0.4 is 0 Å². The summed E-state index contributed by atoms with van der Waals surface area (Å²) < 4.78 is 0. The molecule has 0 atom stereocenters. The van der Waals surface area contributed by atoms with Gasteiger partial charge in [0.15, 0.2) is 0 Å². The van der Waals surface area contributed by atoms with Crippen molar-refractivity contribution in [2.45, 2.75) is 58.5 Å². The van der Waals surface area contributed by atoms with Gasteiger partial charge in [0.05, 0.1) is 0 Å². The number of nitrogens with zero attached hydrogens (tertiary/aromatic N) is 1. The molecule has 0 aliphatic carbocycles. The fraction of sp³-hybridized carbons (Fsp3) is 0.733. The summed E-state index contributed by atoms with van der Waals surface area (Å²) in [6.07, 6.45) is 15.6. The molecule has 0 aliphatic heterocycles. The van der Waals surface area contributed by atoms with Crippen LogP contribution in [0.4, 0.5) is 0 Å². The average molecular weight is 251 g/mol. The number of unbranched alkanes of at least 4 members (excludes halogenated alkanes) is 3. The lowest BCUT2D eigenvalue weighted by Gasteiger charge is -2.16. The van der Waals surface area contributed by atoms with E-state index in [0.717, 1.165) is 22.6 Å². The number of rotatable bonds is 11. The van der Waals surface area contributed by atoms with Gasteiger partial charge in [0.1, 0.15) is 0 Å². The summed E-state index contributed by atoms with van der Waals surface area (Å²) in [5, 5.41) is 0. The molecule has 0 unspecified atom stereocenters. The second-order valence-corrected chi connectivity index (χ2v) is 5.53. The molecular weight excluding hydrogens is 222 g/mol. The first kappa shape index (κ1) is 16.5. The molecule has 0 aliphatic rings. The minimum Gasteiger partial charge on any atom is -0.378 e. The Kier molecular flexibility index (Phi) is 13.2. The topological polar surface area (TPSA) is 3.24 Å². The maximum Gasteiger partial charge on any atom is 0.0342 e. The van der Waals surface area contributed by atoms with E-state index in [1.54, 1.807) is 0 Å². The van der Waals surface area contributed by atoms with E-state index < -0.39 is 0 Å². The van der Waals surface area contributed by atoms with Gasteiger partial charge in [-0.2, -0.15) is 0 Å². The normalized spacial score (nSPS) is 11.7. The molecule has 0 saturated heterocycles. The molecule has 1 nitrogen and oxygen atoms in total. The largest absolute Gasteiger partial charge is 0.378 e. The van der Waals surface area contributed by atoms with E-state index in [1.807, 2.05) is 0 Å². The summed E-state index contributed by atoms with van der Waals surface area (Å²) in [5.41, 5.74) is 0. The maximum absolute atomic E-state index is 2.36. The first-order valence-electron chi connectivity index (χ1n) is 7.01. The predicted molar refractivity (Wildman–Crippen MR) is 80.7 cm³/mol. The predicted octanol–water partition coefficient (Wildman–Crippen LogP) is 4.52. The molecule has 2 radical (unpaired) electrons. The van der Waals surface area contributed by atoms with Gasteiger partial charge < -0.3 is 4.90 Å². The van der Waals surface area contributed by atoms with Gasteiger partial charge in [-0.15, -0.1) is 0 Å². The van der Waals surface area contributed by atoms with Crippen LogP contribution in [0.25, 0.3) is 0 Å². The lowest BCUT2D eigenvalue weighted by atomic mass is 10.2. The van der Waals surface area contributed by atoms with E-state index >= 15 is 0 Å². The smallest absolute Gasteiger partial charge is 0.0342 e. The van der Waals surface area contributed by atoms with Gasteiger partial charge in [0.25, 0.3) is 0 Å². The Bertz CT molecular complexity index is 199. The van der Waals surface area contributed by atoms with Crippen molar-refractivity contribution >= 4 is 9.52 Å². The van der Waals surface area contributed by atoms with Gasteiger partial charge in [-0.1, -0.05) is 43.7 Å². The Balaban J connectivity index is 3.35. The highest BCUT2D eigenvalue weighted by atomic mass is 28.2. The minimum absolute atomic E-state index is 1.11. The third-order valence-electron chi connectivity index (χ3n) is 2.81. The third-order valence-corrected chi connectivity index (χ3v) is 3.67. The Labute approximate surface area is 111 Å². The van der Waals surface area contributed by atoms with Gasteiger partial charge in [-0.25, -0.2) is 0 Å². The molecule has 0 bridgehead atoms. The lowest BCUT2D eigenvalue weighted by Crippen LogP contribution is -2.17. The lowest BCUT2D eigenvalue weighted by molar-refractivity contribution is 0.403. The van der Waals surface area contributed by atoms with Crippen LogP contribution in [0.5, 0.6) is 0 Å². The number of hydrogen-bond donors (Lipinski definition) is 0. The zero-order valence-corrected chi connectivity index (χ0v) is 12.9. The summed E-state index contributed by atoms with van der Waals surface area (Å²) in [5.74, 6) is 0. The summed E-state index contributed by atoms with van der Waals surface area (Å²) >= 11 is 0. The van der Waals surface area contributed by atoms with E-state index in [0.29, 0.717) is 0 Å². The first-order valence-corrected chi connectivity index (χ1v) is 8.72. The molecule has 0 fully saturated rings. The molecule has 17 heavy (non-hydrogen) atoms. The summed E-state index contributed by atoms with van der Waals surface area (Å²) in [4.78, 5) is 2.35. The van der Waals surface area contributed by atoms with Crippen molar-refractivity contribution in [2.75, 3.05) is 13.1 Å². The molecule has 98 valence electrons. The molecule has 2 heteroatoms. The highest BCUT2D eigenvalue weighted by molar-refractivity contribution is 6.33. The Morgan fingerprint density at radius 2 is 1.82 bits per heavy atom. The van der Waals surface area contributed by atoms with Crippen LogP contribution in [-0.2, 0) is 0 Å². The molecule has 0 spiro atoms. The van der Waals surface area contributed by atoms with Crippen LogP contribution in [0.15, 0.2) is 24.4 Å². The molecule has 0 heterocycles. The standard InChI is InChI=1S/C15H29NSi/c1-4-13-16(5-2)14-11-9-7-6-8-10-12-15-17-3/h4,7,9,13H,5-6,8,10-12,14-15H2,1-3H3. The number of allylic oxidation sites excluding steroid dienone is 2. The molecule has 0 aromatic carbocycles. The van der Waals surface area contributed by atoms with Crippen molar-refractivity contribution in [3.05, 3.63) is 24.4 Å². The molecular formula is C15H29NSi. The molecule has 0 aromatic heterocycles. The van der Waals surface area contributed by atoms with Crippen LogP contribution in [0.2, 0.25) is 12.6 Å². The Morgan fingerprint density at radius 3 is 2.47 bits per heavy atom. The Morgan fingerprint density at radius 1 is 1.06 bits per heavy atom. The van der Waals surface area contributed by atoms with E-state index in [1.165, 1.54) is 38.1 Å². The highest BCUT2D eigenvalue weighted by Crippen LogP contribution is 2.04. The second kappa shape index (κ2) is 13.6. The maximum atomic E-state index is 2.36. The van der Waals surface area contributed by atoms with Crippen LogP contribution in [-0.4, -0.2) is 27.5 Å². The zero-order chi connectivity index (χ0) is 12.8. The van der Waals surface area contributed by atoms with Gasteiger partial charge in [0.2, 0.25) is 0 Å². The van der Waals surface area contributed by atoms with Crippen molar-refractivity contribution in [1.29, 1.82) is 0 Å². The summed E-state index contributed by atoms with van der Waals surface area (Å²) in [7, 11) is 1.14. The van der Waals surface area contributed by atoms with E-state index in [2.05, 4.69) is 49.7 Å². The second-order valence-electron chi connectivity index (χ2n) is 4.32. The van der Waals surface area contributed by atoms with Crippen LogP contribution >= 0.6 is 0 Å². The molecule has 0 N–H and O–H groups in total. The van der Waals surface area contributed by atoms with Crippen LogP contribution in [0.1, 0.15) is 46.0 Å². The molecule has 0 saturated carbocycles. The van der Waals surface area contributed by atoms with Crippen LogP contribution in [0, 0.1) is 0 Å². The SMILES string of the molecule is CC=CN(CC)CCC=CCCCCC[Si]C. The van der Waals surface area contributed by atoms with Crippen molar-refractivity contribution < 1.29 is 0 Å². The fourth-order valence-corrected chi connectivity index (χ4v) is 2.37. The first-order chi connectivity index (χ1) is 8.35. The fourth-order valence-electron chi connectivity index (χ4n) is 1.77. The van der Waals surface area contributed by atoms with Crippen LogP contribution in [0.3, 0.4) is 0 Å². The van der Waals surface area contributed by atoms with Gasteiger partial charge >= 0.3 is 0 Å². The Hall–Kier alpha value is -0.503. The van der Waals surface area contributed by atoms with Gasteiger partial charge in [0, 0.05) is 22.6 Å². The van der Waals surface area contributed by atoms with E-state index in [-0.39, 0.29) is 0 Å². The van der Waals surface area contributed by atoms with Crippen molar-refractivity contribution in [2.24, 2.45) is 0 Å². The monoisotopic (exact) mass is 251 g/mol. The molecule has 0 amide bonds. The quantitative estimate of drug-likeness (QED) is 0.296. The third kappa shape index (κ3) is 11.8.